The molecule has 0 aliphatic rings. The summed E-state index contributed by atoms with van der Waals surface area (Å²) in [5.41, 5.74) is -0.0354. The van der Waals surface area contributed by atoms with Crippen LogP contribution in [0.1, 0.15) is 23.7 Å². The third-order valence-electron chi connectivity index (χ3n) is 2.14. The number of halogens is 1. The highest BCUT2D eigenvalue weighted by Gasteiger charge is 2.13. The van der Waals surface area contributed by atoms with Gasteiger partial charge in [0.1, 0.15) is 0 Å². The van der Waals surface area contributed by atoms with E-state index in [0.29, 0.717) is 13.0 Å². The molecule has 0 aliphatic heterocycles. The van der Waals surface area contributed by atoms with Crippen LogP contribution in [0.25, 0.3) is 0 Å². The number of hydrogen-bond donors (Lipinski definition) is 1. The molecule has 0 radical (unpaired) electrons. The van der Waals surface area contributed by atoms with Gasteiger partial charge in [-0.1, -0.05) is 0 Å². The van der Waals surface area contributed by atoms with Gasteiger partial charge in [-0.2, -0.15) is 4.39 Å². The second-order valence-electron chi connectivity index (χ2n) is 3.50. The highest BCUT2D eigenvalue weighted by Crippen LogP contribution is 2.03. The van der Waals surface area contributed by atoms with Crippen LogP contribution in [-0.4, -0.2) is 30.6 Å². The van der Waals surface area contributed by atoms with Crippen molar-refractivity contribution in [2.45, 2.75) is 19.4 Å². The number of nitrogens with one attached hydrogen (secondary N) is 1. The minimum absolute atomic E-state index is 0.0354. The van der Waals surface area contributed by atoms with Crippen molar-refractivity contribution < 1.29 is 13.9 Å². The Labute approximate surface area is 93.8 Å². The van der Waals surface area contributed by atoms with Gasteiger partial charge < -0.3 is 10.1 Å². The molecular formula is C11H15FN2O2. The summed E-state index contributed by atoms with van der Waals surface area (Å²) in [7, 11) is 1.59. The van der Waals surface area contributed by atoms with Gasteiger partial charge in [0.05, 0.1) is 5.56 Å². The number of amides is 1. The van der Waals surface area contributed by atoms with Crippen LogP contribution in [0.15, 0.2) is 18.3 Å². The number of rotatable bonds is 5. The fourth-order valence-electron chi connectivity index (χ4n) is 1.22. The van der Waals surface area contributed by atoms with Crippen LogP contribution in [0, 0.1) is 5.95 Å². The number of aromatic nitrogens is 1. The third kappa shape index (κ3) is 3.58. The summed E-state index contributed by atoms with van der Waals surface area (Å²) < 4.78 is 18.0. The average Bonchev–Trinajstić information content (AvgIpc) is 2.26. The van der Waals surface area contributed by atoms with Crippen molar-refractivity contribution in [3.63, 3.8) is 0 Å². The molecular weight excluding hydrogens is 211 g/mol. The van der Waals surface area contributed by atoms with Gasteiger partial charge in [-0.3, -0.25) is 4.79 Å². The molecule has 1 atom stereocenters. The van der Waals surface area contributed by atoms with E-state index in [9.17, 15) is 9.18 Å². The molecule has 0 aromatic carbocycles. The predicted molar refractivity (Wildman–Crippen MR) is 57.6 cm³/mol. The molecule has 0 bridgehead atoms. The average molecular weight is 226 g/mol. The highest BCUT2D eigenvalue weighted by atomic mass is 19.1. The van der Waals surface area contributed by atoms with E-state index in [0.717, 1.165) is 0 Å². The van der Waals surface area contributed by atoms with Crippen molar-refractivity contribution in [1.82, 2.24) is 10.3 Å². The topological polar surface area (TPSA) is 51.2 Å². The lowest BCUT2D eigenvalue weighted by atomic mass is 10.2. The van der Waals surface area contributed by atoms with Gasteiger partial charge in [0.2, 0.25) is 5.95 Å². The molecule has 1 aromatic heterocycles. The molecule has 5 heteroatoms. The molecule has 1 amide bonds. The summed E-state index contributed by atoms with van der Waals surface area (Å²) in [6.07, 6.45) is 1.99. The normalized spacial score (nSPS) is 12.2. The van der Waals surface area contributed by atoms with Gasteiger partial charge in [-0.05, 0) is 25.5 Å². The molecule has 16 heavy (non-hydrogen) atoms. The fourth-order valence-corrected chi connectivity index (χ4v) is 1.22. The van der Waals surface area contributed by atoms with E-state index in [1.54, 1.807) is 7.11 Å². The summed E-state index contributed by atoms with van der Waals surface area (Å²) in [4.78, 5) is 15.0. The summed E-state index contributed by atoms with van der Waals surface area (Å²) in [6.45, 7) is 2.39. The molecule has 88 valence electrons. The van der Waals surface area contributed by atoms with E-state index in [2.05, 4.69) is 10.3 Å². The number of methoxy groups -OCH3 is 1. The number of pyridine rings is 1. The van der Waals surface area contributed by atoms with Gasteiger partial charge in [-0.25, -0.2) is 4.98 Å². The van der Waals surface area contributed by atoms with Crippen molar-refractivity contribution in [2.75, 3.05) is 13.7 Å². The summed E-state index contributed by atoms with van der Waals surface area (Å²) in [5.74, 6) is -1.20. The Kier molecular flexibility index (Phi) is 4.85. The van der Waals surface area contributed by atoms with Crippen LogP contribution >= 0.6 is 0 Å². The van der Waals surface area contributed by atoms with Crippen molar-refractivity contribution in [1.29, 1.82) is 0 Å². The molecule has 1 N–H and O–H groups in total. The Balaban J connectivity index is 2.56. The highest BCUT2D eigenvalue weighted by molar-refractivity contribution is 5.94. The number of nitrogens with zero attached hydrogens (tertiary/aromatic N) is 1. The second kappa shape index (κ2) is 6.17. The van der Waals surface area contributed by atoms with E-state index in [-0.39, 0.29) is 11.6 Å². The Morgan fingerprint density at radius 3 is 3.06 bits per heavy atom. The summed E-state index contributed by atoms with van der Waals surface area (Å²) in [6, 6.07) is 2.87. The van der Waals surface area contributed by atoms with Crippen molar-refractivity contribution in [3.8, 4) is 0 Å². The van der Waals surface area contributed by atoms with Crippen LogP contribution in [0.3, 0.4) is 0 Å². The van der Waals surface area contributed by atoms with Gasteiger partial charge in [0.15, 0.2) is 0 Å². The molecule has 1 heterocycles. The van der Waals surface area contributed by atoms with Crippen LogP contribution in [-0.2, 0) is 4.74 Å². The standard InChI is InChI=1S/C11H15FN2O2/c1-8(5-7-16-2)14-11(15)9-4-3-6-13-10(9)12/h3-4,6,8H,5,7H2,1-2H3,(H,14,15). The van der Waals surface area contributed by atoms with Crippen molar-refractivity contribution in [2.24, 2.45) is 0 Å². The summed E-state index contributed by atoms with van der Waals surface area (Å²) in [5, 5.41) is 2.67. The number of carbonyl (C=O) groups excluding carboxylic acids is 1. The number of hydrogen-bond acceptors (Lipinski definition) is 3. The Morgan fingerprint density at radius 1 is 1.69 bits per heavy atom. The van der Waals surface area contributed by atoms with Crippen LogP contribution in [0.2, 0.25) is 0 Å². The molecule has 4 nitrogen and oxygen atoms in total. The lowest BCUT2D eigenvalue weighted by Gasteiger charge is -2.13. The maximum absolute atomic E-state index is 13.1. The largest absolute Gasteiger partial charge is 0.385 e. The smallest absolute Gasteiger partial charge is 0.256 e. The first-order chi connectivity index (χ1) is 7.65. The van der Waals surface area contributed by atoms with Gasteiger partial charge >= 0.3 is 0 Å². The molecule has 1 rings (SSSR count). The van der Waals surface area contributed by atoms with E-state index in [4.69, 9.17) is 4.74 Å². The zero-order valence-electron chi connectivity index (χ0n) is 9.37. The first-order valence-electron chi connectivity index (χ1n) is 5.05. The SMILES string of the molecule is COCCC(C)NC(=O)c1cccnc1F. The van der Waals surface area contributed by atoms with Crippen LogP contribution in [0.5, 0.6) is 0 Å². The molecule has 0 saturated carbocycles. The van der Waals surface area contributed by atoms with E-state index in [1.165, 1.54) is 18.3 Å². The van der Waals surface area contributed by atoms with E-state index < -0.39 is 11.9 Å². The lowest BCUT2D eigenvalue weighted by Crippen LogP contribution is -2.34. The maximum Gasteiger partial charge on any atom is 0.256 e. The van der Waals surface area contributed by atoms with Gasteiger partial charge in [-0.15, -0.1) is 0 Å². The Morgan fingerprint density at radius 2 is 2.44 bits per heavy atom. The number of ether oxygens (including phenoxy) is 1. The lowest BCUT2D eigenvalue weighted by molar-refractivity contribution is 0.0924. The van der Waals surface area contributed by atoms with Crippen molar-refractivity contribution >= 4 is 5.91 Å². The maximum atomic E-state index is 13.1. The Bertz CT molecular complexity index is 358. The van der Waals surface area contributed by atoms with Crippen LogP contribution < -0.4 is 5.32 Å². The van der Waals surface area contributed by atoms with Gasteiger partial charge in [0.25, 0.3) is 5.91 Å². The van der Waals surface area contributed by atoms with Crippen LogP contribution in [0.4, 0.5) is 4.39 Å². The molecule has 0 saturated heterocycles. The Hall–Kier alpha value is -1.49. The van der Waals surface area contributed by atoms with E-state index in [1.807, 2.05) is 6.92 Å². The third-order valence-corrected chi connectivity index (χ3v) is 2.14. The molecule has 0 fully saturated rings. The monoisotopic (exact) mass is 226 g/mol. The number of carbonyl (C=O) groups is 1. The second-order valence-corrected chi connectivity index (χ2v) is 3.50. The quantitative estimate of drug-likeness (QED) is 0.771. The molecule has 0 aliphatic carbocycles. The molecule has 1 aromatic rings. The zero-order valence-corrected chi connectivity index (χ0v) is 9.37. The molecule has 1 unspecified atom stereocenters. The first kappa shape index (κ1) is 12.6. The zero-order chi connectivity index (χ0) is 12.0. The fraction of sp³-hybridized carbons (Fsp3) is 0.455. The predicted octanol–water partition coefficient (Wildman–Crippen LogP) is 1.38. The van der Waals surface area contributed by atoms with E-state index >= 15 is 0 Å². The van der Waals surface area contributed by atoms with Gasteiger partial charge in [0, 0.05) is 26.0 Å². The summed E-state index contributed by atoms with van der Waals surface area (Å²) >= 11 is 0. The molecule has 0 spiro atoms. The minimum Gasteiger partial charge on any atom is -0.385 e. The first-order valence-corrected chi connectivity index (χ1v) is 5.05. The van der Waals surface area contributed by atoms with Crippen molar-refractivity contribution in [3.05, 3.63) is 29.8 Å². The minimum atomic E-state index is -0.751.